The van der Waals surface area contributed by atoms with Crippen LogP contribution in [-0.2, 0) is 14.6 Å². The highest BCUT2D eigenvalue weighted by atomic mass is 32.2. The standard InChI is InChI=1S/C12H21F3N2O3S/c1-17(7-11(18)16-8-12(13,14)15)9-5-3-4-6-10(9)21(2,19)20/h9-10H,3-8H2,1-2H3,(H,16,18). The van der Waals surface area contributed by atoms with Crippen LogP contribution >= 0.6 is 0 Å². The van der Waals surface area contributed by atoms with Crippen molar-refractivity contribution in [3.05, 3.63) is 0 Å². The molecule has 0 radical (unpaired) electrons. The first-order valence-electron chi connectivity index (χ1n) is 6.73. The number of nitrogens with zero attached hydrogens (tertiary/aromatic N) is 1. The third kappa shape index (κ3) is 6.21. The predicted octanol–water partition coefficient (Wildman–Crippen LogP) is 0.953. The van der Waals surface area contributed by atoms with E-state index >= 15 is 0 Å². The molecule has 5 nitrogen and oxygen atoms in total. The first-order chi connectivity index (χ1) is 9.50. The first-order valence-corrected chi connectivity index (χ1v) is 8.69. The molecule has 1 aliphatic rings. The van der Waals surface area contributed by atoms with E-state index < -0.39 is 33.7 Å². The SMILES string of the molecule is CN(CC(=O)NCC(F)(F)F)C1CCCCC1S(C)(=O)=O. The summed E-state index contributed by atoms with van der Waals surface area (Å²) < 4.78 is 59.6. The van der Waals surface area contributed by atoms with Crippen LogP contribution in [-0.4, -0.2) is 63.1 Å². The average Bonchev–Trinajstić information content (AvgIpc) is 2.34. The van der Waals surface area contributed by atoms with Gasteiger partial charge in [-0.2, -0.15) is 13.2 Å². The molecule has 124 valence electrons. The molecule has 1 saturated carbocycles. The molecule has 2 unspecified atom stereocenters. The molecule has 0 spiro atoms. The quantitative estimate of drug-likeness (QED) is 0.815. The van der Waals surface area contributed by atoms with Gasteiger partial charge in [-0.05, 0) is 19.9 Å². The maximum atomic E-state index is 12.0. The fourth-order valence-corrected chi connectivity index (χ4v) is 4.19. The number of amides is 1. The van der Waals surface area contributed by atoms with Crippen LogP contribution in [0, 0.1) is 0 Å². The lowest BCUT2D eigenvalue weighted by atomic mass is 9.94. The summed E-state index contributed by atoms with van der Waals surface area (Å²) in [7, 11) is -1.67. The van der Waals surface area contributed by atoms with E-state index in [9.17, 15) is 26.4 Å². The molecule has 0 aromatic rings. The Morgan fingerprint density at radius 1 is 1.29 bits per heavy atom. The summed E-state index contributed by atoms with van der Waals surface area (Å²) in [5, 5.41) is 1.23. The Balaban J connectivity index is 2.60. The van der Waals surface area contributed by atoms with E-state index in [0.717, 1.165) is 19.1 Å². The molecular formula is C12H21F3N2O3S. The third-order valence-electron chi connectivity index (χ3n) is 3.66. The van der Waals surface area contributed by atoms with Gasteiger partial charge in [0.25, 0.3) is 0 Å². The van der Waals surface area contributed by atoms with Crippen molar-refractivity contribution in [2.24, 2.45) is 0 Å². The minimum absolute atomic E-state index is 0.243. The lowest BCUT2D eigenvalue weighted by Crippen LogP contribution is -2.50. The second kappa shape index (κ2) is 6.95. The monoisotopic (exact) mass is 330 g/mol. The molecule has 0 aliphatic heterocycles. The first kappa shape index (κ1) is 18.2. The van der Waals surface area contributed by atoms with Crippen molar-refractivity contribution < 1.29 is 26.4 Å². The highest BCUT2D eigenvalue weighted by molar-refractivity contribution is 7.91. The molecule has 0 saturated heterocycles. The van der Waals surface area contributed by atoms with E-state index in [2.05, 4.69) is 0 Å². The minimum Gasteiger partial charge on any atom is -0.346 e. The van der Waals surface area contributed by atoms with Gasteiger partial charge < -0.3 is 5.32 Å². The van der Waals surface area contributed by atoms with Crippen molar-refractivity contribution in [3.63, 3.8) is 0 Å². The van der Waals surface area contributed by atoms with Crippen molar-refractivity contribution in [3.8, 4) is 0 Å². The van der Waals surface area contributed by atoms with E-state index in [-0.39, 0.29) is 12.6 Å². The Labute approximate surface area is 122 Å². The van der Waals surface area contributed by atoms with Crippen molar-refractivity contribution in [2.75, 3.05) is 26.4 Å². The Hall–Kier alpha value is -0.830. The van der Waals surface area contributed by atoms with E-state index in [0.29, 0.717) is 12.8 Å². The van der Waals surface area contributed by atoms with Gasteiger partial charge in [0.05, 0.1) is 11.8 Å². The van der Waals surface area contributed by atoms with Gasteiger partial charge in [-0.15, -0.1) is 0 Å². The Bertz CT molecular complexity index is 465. The van der Waals surface area contributed by atoms with Crippen molar-refractivity contribution >= 4 is 15.7 Å². The summed E-state index contributed by atoms with van der Waals surface area (Å²) in [5.41, 5.74) is 0. The van der Waals surface area contributed by atoms with Crippen molar-refractivity contribution in [2.45, 2.75) is 43.2 Å². The van der Waals surface area contributed by atoms with Gasteiger partial charge >= 0.3 is 6.18 Å². The number of nitrogens with one attached hydrogen (secondary N) is 1. The van der Waals surface area contributed by atoms with Gasteiger partial charge in [-0.25, -0.2) is 8.42 Å². The number of likely N-dealkylation sites (N-methyl/N-ethyl adjacent to an activating group) is 1. The molecule has 0 bridgehead atoms. The van der Waals surface area contributed by atoms with Crippen LogP contribution in [0.15, 0.2) is 0 Å². The van der Waals surface area contributed by atoms with Gasteiger partial charge in [0.1, 0.15) is 6.54 Å². The van der Waals surface area contributed by atoms with Crippen LogP contribution in [0.4, 0.5) is 13.2 Å². The van der Waals surface area contributed by atoms with E-state index in [4.69, 9.17) is 0 Å². The van der Waals surface area contributed by atoms with Crippen LogP contribution in [0.1, 0.15) is 25.7 Å². The zero-order valence-corrected chi connectivity index (χ0v) is 12.9. The fraction of sp³-hybridized carbons (Fsp3) is 0.917. The molecule has 9 heteroatoms. The zero-order valence-electron chi connectivity index (χ0n) is 12.1. The number of sulfone groups is 1. The fourth-order valence-electron chi connectivity index (χ4n) is 2.68. The summed E-state index contributed by atoms with van der Waals surface area (Å²) in [6.45, 7) is -1.62. The van der Waals surface area contributed by atoms with E-state index in [1.54, 1.807) is 12.4 Å². The molecule has 0 aromatic heterocycles. The molecule has 0 heterocycles. The van der Waals surface area contributed by atoms with Crippen molar-refractivity contribution in [1.29, 1.82) is 0 Å². The normalized spacial score (nSPS) is 24.1. The molecule has 1 N–H and O–H groups in total. The topological polar surface area (TPSA) is 66.5 Å². The number of carbonyl (C=O) groups is 1. The summed E-state index contributed by atoms with van der Waals surface area (Å²) >= 11 is 0. The van der Waals surface area contributed by atoms with Crippen LogP contribution in [0.25, 0.3) is 0 Å². The maximum absolute atomic E-state index is 12.0. The molecule has 1 amide bonds. The predicted molar refractivity (Wildman–Crippen MR) is 72.6 cm³/mol. The summed E-state index contributed by atoms with van der Waals surface area (Å²) in [4.78, 5) is 13.0. The van der Waals surface area contributed by atoms with Crippen LogP contribution < -0.4 is 5.32 Å². The third-order valence-corrected chi connectivity index (χ3v) is 5.31. The van der Waals surface area contributed by atoms with Gasteiger partial charge in [-0.3, -0.25) is 9.69 Å². The van der Waals surface area contributed by atoms with Crippen LogP contribution in [0.5, 0.6) is 0 Å². The Morgan fingerprint density at radius 2 is 1.86 bits per heavy atom. The number of rotatable bonds is 5. The lowest BCUT2D eigenvalue weighted by molar-refractivity contribution is -0.139. The molecule has 0 aromatic carbocycles. The van der Waals surface area contributed by atoms with Crippen LogP contribution in [0.2, 0.25) is 0 Å². The Kier molecular flexibility index (Phi) is 6.03. The molecule has 1 aliphatic carbocycles. The lowest BCUT2D eigenvalue weighted by Gasteiger charge is -2.36. The summed E-state index contributed by atoms with van der Waals surface area (Å²) in [6, 6.07) is -0.328. The highest BCUT2D eigenvalue weighted by Gasteiger charge is 2.36. The van der Waals surface area contributed by atoms with Gasteiger partial charge in [0.2, 0.25) is 5.91 Å². The van der Waals surface area contributed by atoms with E-state index in [1.165, 1.54) is 4.90 Å². The molecule has 1 fully saturated rings. The number of halogens is 3. The summed E-state index contributed by atoms with van der Waals surface area (Å²) in [6.07, 6.45) is -0.478. The minimum atomic E-state index is -4.45. The molecule has 1 rings (SSSR count). The molecular weight excluding hydrogens is 309 g/mol. The number of alkyl halides is 3. The molecule has 21 heavy (non-hydrogen) atoms. The highest BCUT2D eigenvalue weighted by Crippen LogP contribution is 2.27. The maximum Gasteiger partial charge on any atom is 0.405 e. The number of hydrogen-bond acceptors (Lipinski definition) is 4. The summed E-state index contributed by atoms with van der Waals surface area (Å²) in [5.74, 6) is -0.757. The second-order valence-corrected chi connectivity index (χ2v) is 7.79. The van der Waals surface area contributed by atoms with E-state index in [1.807, 2.05) is 0 Å². The smallest absolute Gasteiger partial charge is 0.346 e. The average molecular weight is 330 g/mol. The number of hydrogen-bond donors (Lipinski definition) is 1. The largest absolute Gasteiger partial charge is 0.405 e. The van der Waals surface area contributed by atoms with Gasteiger partial charge in [-0.1, -0.05) is 12.8 Å². The zero-order chi connectivity index (χ0) is 16.3. The molecule has 2 atom stereocenters. The van der Waals surface area contributed by atoms with Crippen molar-refractivity contribution in [1.82, 2.24) is 10.2 Å². The number of carbonyl (C=O) groups excluding carboxylic acids is 1. The Morgan fingerprint density at radius 3 is 2.38 bits per heavy atom. The second-order valence-electron chi connectivity index (χ2n) is 5.53. The van der Waals surface area contributed by atoms with Crippen LogP contribution in [0.3, 0.4) is 0 Å². The van der Waals surface area contributed by atoms with Gasteiger partial charge in [0.15, 0.2) is 9.84 Å². The van der Waals surface area contributed by atoms with Gasteiger partial charge in [0, 0.05) is 12.3 Å².